The average Bonchev–Trinajstić information content (AvgIpc) is 2.87. The quantitative estimate of drug-likeness (QED) is 0.810. The molecule has 74 valence electrons. The van der Waals surface area contributed by atoms with Crippen LogP contribution in [0.4, 0.5) is 10.1 Å². The van der Waals surface area contributed by atoms with Gasteiger partial charge in [-0.1, -0.05) is 0 Å². The normalized spacial score (nSPS) is 24.6. The van der Waals surface area contributed by atoms with Gasteiger partial charge in [0.1, 0.15) is 5.82 Å². The molecule has 0 aromatic heterocycles. The first-order valence-corrected chi connectivity index (χ1v) is 5.78. The second kappa shape index (κ2) is 2.96. The monoisotopic (exact) mass is 255 g/mol. The van der Waals surface area contributed by atoms with Gasteiger partial charge in [0.15, 0.2) is 0 Å². The van der Waals surface area contributed by atoms with Gasteiger partial charge in [0.25, 0.3) is 0 Å². The Labute approximate surface area is 90.8 Å². The largest absolute Gasteiger partial charge is 0.383 e. The van der Waals surface area contributed by atoms with Gasteiger partial charge in [-0.2, -0.15) is 0 Å². The maximum absolute atomic E-state index is 13.2. The third kappa shape index (κ3) is 1.26. The maximum Gasteiger partial charge on any atom is 0.124 e. The van der Waals surface area contributed by atoms with Gasteiger partial charge < -0.3 is 5.32 Å². The van der Waals surface area contributed by atoms with Gasteiger partial charge in [0.05, 0.1) is 5.69 Å². The van der Waals surface area contributed by atoms with E-state index in [9.17, 15) is 4.39 Å². The first kappa shape index (κ1) is 8.72. The lowest BCUT2D eigenvalue weighted by Crippen LogP contribution is -2.03. The summed E-state index contributed by atoms with van der Waals surface area (Å²) < 4.78 is 14.1. The van der Waals surface area contributed by atoms with Gasteiger partial charge in [0.2, 0.25) is 0 Å². The summed E-state index contributed by atoms with van der Waals surface area (Å²) in [7, 11) is 0. The number of hydrogen-bond acceptors (Lipinski definition) is 1. The van der Waals surface area contributed by atoms with Gasteiger partial charge in [-0.05, 0) is 52.4 Å². The number of anilines is 1. The molecule has 3 heteroatoms. The fourth-order valence-electron chi connectivity index (χ4n) is 2.31. The Hall–Kier alpha value is -0.570. The molecule has 1 nitrogen and oxygen atoms in total. The van der Waals surface area contributed by atoms with Gasteiger partial charge in [0, 0.05) is 16.9 Å². The van der Waals surface area contributed by atoms with Crippen molar-refractivity contribution in [3.8, 4) is 0 Å². The molecule has 1 heterocycles. The second-order valence-corrected chi connectivity index (χ2v) is 5.03. The number of benzene rings is 1. The van der Waals surface area contributed by atoms with Gasteiger partial charge in [-0.3, -0.25) is 0 Å². The molecular formula is C11H11BrFN. The van der Waals surface area contributed by atoms with E-state index in [0.29, 0.717) is 5.92 Å². The van der Waals surface area contributed by atoms with Crippen molar-refractivity contribution in [2.75, 3.05) is 11.9 Å². The molecular weight excluding hydrogens is 245 g/mol. The molecule has 0 amide bonds. The predicted octanol–water partition coefficient (Wildman–Crippen LogP) is 3.51. The highest BCUT2D eigenvalue weighted by atomic mass is 79.9. The van der Waals surface area contributed by atoms with Crippen molar-refractivity contribution < 1.29 is 4.39 Å². The summed E-state index contributed by atoms with van der Waals surface area (Å²) in [5.74, 6) is 1.19. The number of hydrogen-bond donors (Lipinski definition) is 1. The van der Waals surface area contributed by atoms with Crippen molar-refractivity contribution in [2.45, 2.75) is 18.8 Å². The van der Waals surface area contributed by atoms with Crippen LogP contribution in [-0.4, -0.2) is 6.54 Å². The van der Waals surface area contributed by atoms with E-state index in [0.717, 1.165) is 22.6 Å². The first-order chi connectivity index (χ1) is 6.75. The molecule has 1 aromatic carbocycles. The molecule has 1 saturated carbocycles. The zero-order chi connectivity index (χ0) is 9.71. The predicted molar refractivity (Wildman–Crippen MR) is 58.1 cm³/mol. The number of rotatable bonds is 1. The number of fused-ring (bicyclic) bond motifs is 1. The Morgan fingerprint density at radius 3 is 2.86 bits per heavy atom. The first-order valence-electron chi connectivity index (χ1n) is 4.98. The van der Waals surface area contributed by atoms with Crippen LogP contribution in [-0.2, 0) is 0 Å². The molecule has 1 aromatic rings. The lowest BCUT2D eigenvalue weighted by Gasteiger charge is -2.08. The Morgan fingerprint density at radius 2 is 2.14 bits per heavy atom. The van der Waals surface area contributed by atoms with Crippen molar-refractivity contribution in [1.29, 1.82) is 0 Å². The fourth-order valence-corrected chi connectivity index (χ4v) is 2.90. The SMILES string of the molecule is Fc1cc(Br)c2c(c1)C(C1CC1)CN2. The summed E-state index contributed by atoms with van der Waals surface area (Å²) in [5.41, 5.74) is 2.27. The summed E-state index contributed by atoms with van der Waals surface area (Å²) in [6, 6.07) is 3.21. The molecule has 1 unspecified atom stereocenters. The third-order valence-corrected chi connectivity index (χ3v) is 3.80. The Balaban J connectivity index is 2.08. The highest BCUT2D eigenvalue weighted by Gasteiger charge is 2.37. The molecule has 0 spiro atoms. The van der Waals surface area contributed by atoms with E-state index in [4.69, 9.17) is 0 Å². The van der Waals surface area contributed by atoms with E-state index in [1.54, 1.807) is 6.07 Å². The van der Waals surface area contributed by atoms with Crippen molar-refractivity contribution in [3.05, 3.63) is 28.0 Å². The zero-order valence-electron chi connectivity index (χ0n) is 7.69. The van der Waals surface area contributed by atoms with Crippen LogP contribution in [0.3, 0.4) is 0 Å². The van der Waals surface area contributed by atoms with Gasteiger partial charge >= 0.3 is 0 Å². The molecule has 2 aliphatic rings. The molecule has 0 radical (unpaired) electrons. The zero-order valence-corrected chi connectivity index (χ0v) is 9.27. The smallest absolute Gasteiger partial charge is 0.124 e. The Bertz CT molecular complexity index is 387. The summed E-state index contributed by atoms with van der Waals surface area (Å²) in [5, 5.41) is 3.35. The Kier molecular flexibility index (Phi) is 1.84. The highest BCUT2D eigenvalue weighted by Crippen LogP contribution is 2.49. The van der Waals surface area contributed by atoms with Crippen LogP contribution >= 0.6 is 15.9 Å². The van der Waals surface area contributed by atoms with E-state index in [-0.39, 0.29) is 5.82 Å². The number of halogens is 2. The van der Waals surface area contributed by atoms with Crippen LogP contribution in [0.15, 0.2) is 16.6 Å². The van der Waals surface area contributed by atoms with E-state index >= 15 is 0 Å². The van der Waals surface area contributed by atoms with E-state index in [1.165, 1.54) is 24.5 Å². The second-order valence-electron chi connectivity index (χ2n) is 4.18. The molecule has 1 fully saturated rings. The molecule has 1 aliphatic heterocycles. The van der Waals surface area contributed by atoms with Crippen molar-refractivity contribution >= 4 is 21.6 Å². The van der Waals surface area contributed by atoms with E-state index < -0.39 is 0 Å². The minimum Gasteiger partial charge on any atom is -0.383 e. The Morgan fingerprint density at radius 1 is 1.36 bits per heavy atom. The molecule has 1 atom stereocenters. The number of nitrogens with one attached hydrogen (secondary N) is 1. The van der Waals surface area contributed by atoms with Crippen molar-refractivity contribution in [3.63, 3.8) is 0 Å². The lowest BCUT2D eigenvalue weighted by atomic mass is 9.96. The topological polar surface area (TPSA) is 12.0 Å². The van der Waals surface area contributed by atoms with Gasteiger partial charge in [-0.25, -0.2) is 4.39 Å². The highest BCUT2D eigenvalue weighted by molar-refractivity contribution is 9.10. The van der Waals surface area contributed by atoms with Crippen LogP contribution in [0.25, 0.3) is 0 Å². The molecule has 1 aliphatic carbocycles. The third-order valence-electron chi connectivity index (χ3n) is 3.17. The van der Waals surface area contributed by atoms with Crippen molar-refractivity contribution in [2.24, 2.45) is 5.92 Å². The minimum atomic E-state index is -0.134. The minimum absolute atomic E-state index is 0.134. The van der Waals surface area contributed by atoms with Crippen molar-refractivity contribution in [1.82, 2.24) is 0 Å². The van der Waals surface area contributed by atoms with E-state index in [1.807, 2.05) is 0 Å². The van der Waals surface area contributed by atoms with Crippen LogP contribution in [0.2, 0.25) is 0 Å². The molecule has 14 heavy (non-hydrogen) atoms. The molecule has 1 N–H and O–H groups in total. The van der Waals surface area contributed by atoms with Crippen LogP contribution in [0.1, 0.15) is 24.3 Å². The molecule has 0 saturated heterocycles. The summed E-state index contributed by atoms with van der Waals surface area (Å²) in [6.07, 6.45) is 2.61. The van der Waals surface area contributed by atoms with E-state index in [2.05, 4.69) is 21.2 Å². The molecule has 3 rings (SSSR count). The fraction of sp³-hybridized carbons (Fsp3) is 0.455. The van der Waals surface area contributed by atoms with Crippen LogP contribution in [0.5, 0.6) is 0 Å². The standard InChI is InChI=1S/C11H11BrFN/c12-10-4-7(13)3-8-9(6-1-2-6)5-14-11(8)10/h3-4,6,9,14H,1-2,5H2. The molecule has 0 bridgehead atoms. The average molecular weight is 256 g/mol. The van der Waals surface area contributed by atoms with Crippen LogP contribution in [0, 0.1) is 11.7 Å². The lowest BCUT2D eigenvalue weighted by molar-refractivity contribution is 0.614. The maximum atomic E-state index is 13.2. The van der Waals surface area contributed by atoms with Crippen LogP contribution < -0.4 is 5.32 Å². The summed E-state index contributed by atoms with van der Waals surface area (Å²) in [4.78, 5) is 0. The summed E-state index contributed by atoms with van der Waals surface area (Å²) in [6.45, 7) is 0.974. The summed E-state index contributed by atoms with van der Waals surface area (Å²) >= 11 is 3.39. The van der Waals surface area contributed by atoms with Gasteiger partial charge in [-0.15, -0.1) is 0 Å².